The number of carbonyl (C=O) groups is 2. The molecule has 1 aromatic rings. The van der Waals surface area contributed by atoms with Crippen LogP contribution in [0.2, 0.25) is 0 Å². The van der Waals surface area contributed by atoms with Gasteiger partial charge in [-0.05, 0) is 30.2 Å². The number of halogens is 1. The van der Waals surface area contributed by atoms with Gasteiger partial charge in [-0.15, -0.1) is 0 Å². The molecule has 0 aliphatic rings. The average Bonchev–Trinajstić information content (AvgIpc) is 2.31. The van der Waals surface area contributed by atoms with Crippen molar-refractivity contribution in [2.75, 3.05) is 11.9 Å². The van der Waals surface area contributed by atoms with E-state index in [0.29, 0.717) is 0 Å². The molecule has 5 nitrogen and oxygen atoms in total. The van der Waals surface area contributed by atoms with Crippen molar-refractivity contribution in [3.63, 3.8) is 0 Å². The van der Waals surface area contributed by atoms with Crippen molar-refractivity contribution < 1.29 is 14.7 Å². The minimum Gasteiger partial charge on any atom is -0.481 e. The molecule has 1 rings (SSSR count). The SMILES string of the molecule is CCc1cc(Br)ccc1NC(=O)NCCC(=O)O. The number of urea groups is 1. The summed E-state index contributed by atoms with van der Waals surface area (Å²) in [7, 11) is 0. The zero-order valence-electron chi connectivity index (χ0n) is 10.00. The minimum absolute atomic E-state index is 0.0889. The number of hydrogen-bond donors (Lipinski definition) is 3. The third kappa shape index (κ3) is 4.75. The highest BCUT2D eigenvalue weighted by Gasteiger charge is 2.06. The van der Waals surface area contributed by atoms with Crippen molar-refractivity contribution in [2.45, 2.75) is 19.8 Å². The molecule has 0 heterocycles. The van der Waals surface area contributed by atoms with Crippen LogP contribution in [0.4, 0.5) is 10.5 Å². The third-order valence-corrected chi connectivity index (χ3v) is 2.81. The first-order valence-electron chi connectivity index (χ1n) is 5.58. The summed E-state index contributed by atoms with van der Waals surface area (Å²) in [5.74, 6) is -0.937. The van der Waals surface area contributed by atoms with Crippen LogP contribution in [0.15, 0.2) is 22.7 Å². The quantitative estimate of drug-likeness (QED) is 0.781. The molecule has 98 valence electrons. The highest BCUT2D eigenvalue weighted by Crippen LogP contribution is 2.21. The van der Waals surface area contributed by atoms with E-state index < -0.39 is 12.0 Å². The maximum absolute atomic E-state index is 11.5. The smallest absolute Gasteiger partial charge is 0.319 e. The molecule has 0 aliphatic heterocycles. The molecule has 0 saturated heterocycles. The lowest BCUT2D eigenvalue weighted by Crippen LogP contribution is -2.30. The second-order valence-electron chi connectivity index (χ2n) is 3.68. The molecule has 0 aliphatic carbocycles. The van der Waals surface area contributed by atoms with Crippen LogP contribution in [0.3, 0.4) is 0 Å². The molecule has 0 atom stereocenters. The van der Waals surface area contributed by atoms with E-state index in [1.54, 1.807) is 6.07 Å². The largest absolute Gasteiger partial charge is 0.481 e. The van der Waals surface area contributed by atoms with Crippen LogP contribution < -0.4 is 10.6 Å². The first-order chi connectivity index (χ1) is 8.52. The van der Waals surface area contributed by atoms with E-state index in [1.165, 1.54) is 0 Å². The van der Waals surface area contributed by atoms with Gasteiger partial charge >= 0.3 is 12.0 Å². The number of rotatable bonds is 5. The van der Waals surface area contributed by atoms with E-state index in [2.05, 4.69) is 26.6 Å². The number of carbonyl (C=O) groups excluding carboxylic acids is 1. The van der Waals surface area contributed by atoms with Gasteiger partial charge in [0, 0.05) is 16.7 Å². The molecule has 3 N–H and O–H groups in total. The average molecular weight is 315 g/mol. The second-order valence-corrected chi connectivity index (χ2v) is 4.60. The Morgan fingerprint density at radius 1 is 1.39 bits per heavy atom. The van der Waals surface area contributed by atoms with Gasteiger partial charge in [-0.25, -0.2) is 4.79 Å². The van der Waals surface area contributed by atoms with Crippen molar-refractivity contribution in [3.05, 3.63) is 28.2 Å². The summed E-state index contributed by atoms with van der Waals surface area (Å²) in [5.41, 5.74) is 1.74. The molecule has 1 aromatic carbocycles. The normalized spacial score (nSPS) is 9.89. The van der Waals surface area contributed by atoms with E-state index in [9.17, 15) is 9.59 Å². The molecule has 6 heteroatoms. The lowest BCUT2D eigenvalue weighted by Gasteiger charge is -2.11. The predicted molar refractivity (Wildman–Crippen MR) is 72.8 cm³/mol. The number of anilines is 1. The van der Waals surface area contributed by atoms with Crippen LogP contribution in [-0.4, -0.2) is 23.7 Å². The molecular weight excluding hydrogens is 300 g/mol. The number of carboxylic acid groups (broad SMARTS) is 1. The molecule has 0 aromatic heterocycles. The van der Waals surface area contributed by atoms with Crippen molar-refractivity contribution in [1.82, 2.24) is 5.32 Å². The zero-order valence-corrected chi connectivity index (χ0v) is 11.6. The van der Waals surface area contributed by atoms with E-state index in [4.69, 9.17) is 5.11 Å². The molecule has 0 unspecified atom stereocenters. The van der Waals surface area contributed by atoms with Crippen LogP contribution in [0.1, 0.15) is 18.9 Å². The first kappa shape index (κ1) is 14.5. The van der Waals surface area contributed by atoms with Gasteiger partial charge in [0.1, 0.15) is 0 Å². The highest BCUT2D eigenvalue weighted by atomic mass is 79.9. The second kappa shape index (κ2) is 7.00. The Bertz CT molecular complexity index is 449. The summed E-state index contributed by atoms with van der Waals surface area (Å²) >= 11 is 3.37. The predicted octanol–water partition coefficient (Wildman–Crippen LogP) is 2.61. The van der Waals surface area contributed by atoms with Gasteiger partial charge < -0.3 is 15.7 Å². The number of benzene rings is 1. The van der Waals surface area contributed by atoms with Gasteiger partial charge in [0.25, 0.3) is 0 Å². The fourth-order valence-electron chi connectivity index (χ4n) is 1.43. The third-order valence-electron chi connectivity index (χ3n) is 2.32. The van der Waals surface area contributed by atoms with Crippen LogP contribution in [0, 0.1) is 0 Å². The maximum atomic E-state index is 11.5. The number of hydrogen-bond acceptors (Lipinski definition) is 2. The Balaban J connectivity index is 2.56. The van der Waals surface area contributed by atoms with Gasteiger partial charge in [-0.1, -0.05) is 22.9 Å². The molecule has 18 heavy (non-hydrogen) atoms. The zero-order chi connectivity index (χ0) is 13.5. The molecule has 2 amide bonds. The summed E-state index contributed by atoms with van der Waals surface area (Å²) in [6.07, 6.45) is 0.707. The van der Waals surface area contributed by atoms with Gasteiger partial charge in [0.15, 0.2) is 0 Å². The van der Waals surface area contributed by atoms with Gasteiger partial charge in [-0.3, -0.25) is 4.79 Å². The van der Waals surface area contributed by atoms with Crippen LogP contribution >= 0.6 is 15.9 Å². The van der Waals surface area contributed by atoms with Crippen LogP contribution in [-0.2, 0) is 11.2 Å². The lowest BCUT2D eigenvalue weighted by atomic mass is 10.1. The lowest BCUT2D eigenvalue weighted by molar-refractivity contribution is -0.136. The molecule has 0 fully saturated rings. The molecule has 0 radical (unpaired) electrons. The number of carboxylic acids is 1. The van der Waals surface area contributed by atoms with E-state index in [-0.39, 0.29) is 13.0 Å². The first-order valence-corrected chi connectivity index (χ1v) is 6.37. The number of aliphatic carboxylic acids is 1. The Kier molecular flexibility index (Phi) is 5.64. The Hall–Kier alpha value is -1.56. The van der Waals surface area contributed by atoms with Crippen molar-refractivity contribution >= 4 is 33.6 Å². The van der Waals surface area contributed by atoms with Gasteiger partial charge in [0.2, 0.25) is 0 Å². The summed E-state index contributed by atoms with van der Waals surface area (Å²) in [6, 6.07) is 5.19. The van der Waals surface area contributed by atoms with Gasteiger partial charge in [0.05, 0.1) is 6.42 Å². The van der Waals surface area contributed by atoms with E-state index in [1.807, 2.05) is 19.1 Å². The van der Waals surface area contributed by atoms with Crippen LogP contribution in [0.5, 0.6) is 0 Å². The maximum Gasteiger partial charge on any atom is 0.319 e. The molecule has 0 spiro atoms. The standard InChI is InChI=1S/C12H15BrN2O3/c1-2-8-7-9(13)3-4-10(8)15-12(18)14-6-5-11(16)17/h3-4,7H,2,5-6H2,1H3,(H,16,17)(H2,14,15,18). The summed E-state index contributed by atoms with van der Waals surface area (Å²) in [4.78, 5) is 21.8. The Morgan fingerprint density at radius 3 is 2.72 bits per heavy atom. The summed E-state index contributed by atoms with van der Waals surface area (Å²) in [6.45, 7) is 2.11. The number of amides is 2. The topological polar surface area (TPSA) is 78.4 Å². The molecular formula is C12H15BrN2O3. The number of aryl methyl sites for hydroxylation is 1. The van der Waals surface area contributed by atoms with E-state index >= 15 is 0 Å². The highest BCUT2D eigenvalue weighted by molar-refractivity contribution is 9.10. The van der Waals surface area contributed by atoms with Crippen LogP contribution in [0.25, 0.3) is 0 Å². The summed E-state index contributed by atoms with van der Waals surface area (Å²) < 4.78 is 0.955. The Labute approximate surface area is 114 Å². The monoisotopic (exact) mass is 314 g/mol. The molecule has 0 bridgehead atoms. The Morgan fingerprint density at radius 2 is 2.11 bits per heavy atom. The fraction of sp³-hybridized carbons (Fsp3) is 0.333. The number of nitrogens with one attached hydrogen (secondary N) is 2. The van der Waals surface area contributed by atoms with Crippen molar-refractivity contribution in [1.29, 1.82) is 0 Å². The van der Waals surface area contributed by atoms with Crippen molar-refractivity contribution in [3.8, 4) is 0 Å². The minimum atomic E-state index is -0.937. The van der Waals surface area contributed by atoms with Gasteiger partial charge in [-0.2, -0.15) is 0 Å². The van der Waals surface area contributed by atoms with E-state index in [0.717, 1.165) is 22.1 Å². The summed E-state index contributed by atoms with van der Waals surface area (Å²) in [5, 5.41) is 13.6. The fourth-order valence-corrected chi connectivity index (χ4v) is 1.83. The molecule has 0 saturated carbocycles. The van der Waals surface area contributed by atoms with Crippen molar-refractivity contribution in [2.24, 2.45) is 0 Å².